The summed E-state index contributed by atoms with van der Waals surface area (Å²) in [5, 5.41) is 9.31. The molecule has 2 atom stereocenters. The molecular weight excluding hydrogens is 546 g/mol. The van der Waals surface area contributed by atoms with E-state index in [1.807, 2.05) is 13.8 Å². The third kappa shape index (κ3) is 6.55. The molecule has 0 radical (unpaired) electrons. The minimum absolute atomic E-state index is 0.0297. The van der Waals surface area contributed by atoms with Gasteiger partial charge in [0.15, 0.2) is 28.2 Å². The molecule has 0 saturated heterocycles. The number of aliphatic hydroxyl groups is 1. The van der Waals surface area contributed by atoms with E-state index in [2.05, 4.69) is 24.7 Å². The van der Waals surface area contributed by atoms with Crippen LogP contribution in [0.15, 0.2) is 72.1 Å². The summed E-state index contributed by atoms with van der Waals surface area (Å²) >= 11 is 0. The fourth-order valence-corrected chi connectivity index (χ4v) is 5.06. The van der Waals surface area contributed by atoms with Crippen molar-refractivity contribution < 1.29 is 27.7 Å². The molecule has 1 aliphatic carbocycles. The SMILES string of the molecule is COc1ccccc1Oc1c(NS(=O)(=O)c2ccc(C(C)C)cn2)nc(-c2ccncc2)nc1OC[C@@H]1C[C@H]1CO. The highest BCUT2D eigenvalue weighted by atomic mass is 32.2. The summed E-state index contributed by atoms with van der Waals surface area (Å²) in [6, 6.07) is 13.5. The largest absolute Gasteiger partial charge is 0.493 e. The Bertz CT molecular complexity index is 1600. The van der Waals surface area contributed by atoms with Crippen molar-refractivity contribution in [1.82, 2.24) is 19.9 Å². The first-order valence-electron chi connectivity index (χ1n) is 13.1. The Hall–Kier alpha value is -4.29. The minimum atomic E-state index is -4.20. The molecule has 0 bridgehead atoms. The Morgan fingerprint density at radius 3 is 2.41 bits per heavy atom. The van der Waals surface area contributed by atoms with Gasteiger partial charge in [0.25, 0.3) is 15.9 Å². The van der Waals surface area contributed by atoms with E-state index in [0.29, 0.717) is 17.1 Å². The molecule has 3 aromatic heterocycles. The van der Waals surface area contributed by atoms with Gasteiger partial charge in [0, 0.05) is 30.8 Å². The van der Waals surface area contributed by atoms with Crippen molar-refractivity contribution in [2.75, 3.05) is 25.0 Å². The predicted octanol–water partition coefficient (Wildman–Crippen LogP) is 4.67. The van der Waals surface area contributed by atoms with Gasteiger partial charge in [-0.2, -0.15) is 13.4 Å². The lowest BCUT2D eigenvalue weighted by Crippen LogP contribution is -2.17. The van der Waals surface area contributed by atoms with Crippen LogP contribution in [0.25, 0.3) is 11.4 Å². The summed E-state index contributed by atoms with van der Waals surface area (Å²) in [4.78, 5) is 17.4. The van der Waals surface area contributed by atoms with Crippen LogP contribution in [0.1, 0.15) is 31.7 Å². The molecule has 214 valence electrons. The number of nitrogens with zero attached hydrogens (tertiary/aromatic N) is 4. The number of benzene rings is 1. The molecular formula is C29H31N5O6S. The Kier molecular flexibility index (Phi) is 8.31. The topological polar surface area (TPSA) is 146 Å². The normalized spacial score (nSPS) is 16.3. The lowest BCUT2D eigenvalue weighted by Gasteiger charge is -2.18. The number of aliphatic hydroxyl groups excluding tert-OH is 1. The van der Waals surface area contributed by atoms with E-state index in [4.69, 9.17) is 14.2 Å². The summed E-state index contributed by atoms with van der Waals surface area (Å²) in [5.74, 6) is 1.24. The van der Waals surface area contributed by atoms with Crippen LogP contribution < -0.4 is 18.9 Å². The average Bonchev–Trinajstić information content (AvgIpc) is 3.76. The molecule has 0 unspecified atom stereocenters. The van der Waals surface area contributed by atoms with E-state index in [1.165, 1.54) is 19.4 Å². The van der Waals surface area contributed by atoms with Crippen molar-refractivity contribution in [3.8, 4) is 34.5 Å². The fourth-order valence-electron chi connectivity index (χ4n) is 4.13. The smallest absolute Gasteiger partial charge is 0.280 e. The molecule has 3 heterocycles. The zero-order valence-corrected chi connectivity index (χ0v) is 23.7. The monoisotopic (exact) mass is 577 g/mol. The van der Waals surface area contributed by atoms with Crippen LogP contribution in [0.4, 0.5) is 5.82 Å². The molecule has 11 nitrogen and oxygen atoms in total. The average molecular weight is 578 g/mol. The van der Waals surface area contributed by atoms with Gasteiger partial charge in [-0.3, -0.25) is 9.71 Å². The van der Waals surface area contributed by atoms with Crippen LogP contribution >= 0.6 is 0 Å². The lowest BCUT2D eigenvalue weighted by molar-refractivity contribution is 0.234. The van der Waals surface area contributed by atoms with Crippen LogP contribution in [-0.2, 0) is 10.0 Å². The summed E-state index contributed by atoms with van der Waals surface area (Å²) in [7, 11) is -2.70. The minimum Gasteiger partial charge on any atom is -0.493 e. The van der Waals surface area contributed by atoms with Crippen LogP contribution in [0.5, 0.6) is 23.1 Å². The second-order valence-electron chi connectivity index (χ2n) is 9.96. The third-order valence-corrected chi connectivity index (χ3v) is 7.98. The zero-order chi connectivity index (χ0) is 29.0. The molecule has 2 N–H and O–H groups in total. The number of nitrogens with one attached hydrogen (secondary N) is 1. The van der Waals surface area contributed by atoms with Gasteiger partial charge in [0.2, 0.25) is 5.75 Å². The maximum atomic E-state index is 13.5. The second-order valence-corrected chi connectivity index (χ2v) is 11.6. The van der Waals surface area contributed by atoms with Crippen molar-refractivity contribution >= 4 is 15.8 Å². The van der Waals surface area contributed by atoms with Crippen molar-refractivity contribution in [1.29, 1.82) is 0 Å². The number of para-hydroxylation sites is 2. The third-order valence-electron chi connectivity index (χ3n) is 6.72. The Labute approximate surface area is 238 Å². The second kappa shape index (κ2) is 12.1. The molecule has 1 aliphatic rings. The van der Waals surface area contributed by atoms with Gasteiger partial charge >= 0.3 is 0 Å². The highest BCUT2D eigenvalue weighted by Crippen LogP contribution is 2.43. The number of anilines is 1. The van der Waals surface area contributed by atoms with E-state index in [1.54, 1.807) is 54.9 Å². The quantitative estimate of drug-likeness (QED) is 0.244. The van der Waals surface area contributed by atoms with E-state index >= 15 is 0 Å². The first-order chi connectivity index (χ1) is 19.8. The van der Waals surface area contributed by atoms with Crippen molar-refractivity contribution in [3.63, 3.8) is 0 Å². The van der Waals surface area contributed by atoms with E-state index < -0.39 is 10.0 Å². The van der Waals surface area contributed by atoms with Crippen LogP contribution in [-0.4, -0.2) is 53.8 Å². The maximum Gasteiger partial charge on any atom is 0.280 e. The Morgan fingerprint density at radius 2 is 1.78 bits per heavy atom. The zero-order valence-electron chi connectivity index (χ0n) is 22.9. The summed E-state index contributed by atoms with van der Waals surface area (Å²) < 4.78 is 47.4. The highest BCUT2D eigenvalue weighted by molar-refractivity contribution is 7.92. The van der Waals surface area contributed by atoms with Crippen LogP contribution in [0.2, 0.25) is 0 Å². The summed E-state index contributed by atoms with van der Waals surface area (Å²) in [6.45, 7) is 4.32. The van der Waals surface area contributed by atoms with Crippen LogP contribution in [0.3, 0.4) is 0 Å². The standard InChI is InChI=1S/C29H31N5O6S/c1-18(2)20-8-9-25(31-15-20)41(36,37)34-28-26(40-24-7-5-4-6-23(24)38-3)29(39-17-22-14-21(22)16-35)33-27(32-28)19-10-12-30-13-11-19/h4-13,15,18,21-22,35H,14,16-17H2,1-3H3,(H,32,33,34)/t21-,22-/m0/s1. The summed E-state index contributed by atoms with van der Waals surface area (Å²) in [6.07, 6.45) is 5.52. The van der Waals surface area contributed by atoms with Crippen molar-refractivity contribution in [2.45, 2.75) is 31.2 Å². The first kappa shape index (κ1) is 28.2. The fraction of sp³-hybridized carbons (Fsp3) is 0.310. The highest BCUT2D eigenvalue weighted by Gasteiger charge is 2.37. The Morgan fingerprint density at radius 1 is 1.02 bits per heavy atom. The number of aromatic nitrogens is 4. The maximum absolute atomic E-state index is 13.5. The molecule has 0 spiro atoms. The van der Waals surface area contributed by atoms with Gasteiger partial charge < -0.3 is 19.3 Å². The summed E-state index contributed by atoms with van der Waals surface area (Å²) in [5.41, 5.74) is 1.50. The Balaban J connectivity index is 1.61. The molecule has 0 amide bonds. The number of hydrogen-bond donors (Lipinski definition) is 2. The number of rotatable bonds is 12. The first-order valence-corrected chi connectivity index (χ1v) is 14.6. The van der Waals surface area contributed by atoms with Gasteiger partial charge in [0.1, 0.15) is 0 Å². The molecule has 1 saturated carbocycles. The molecule has 5 rings (SSSR count). The van der Waals surface area contributed by atoms with E-state index in [0.717, 1.165) is 12.0 Å². The predicted molar refractivity (Wildman–Crippen MR) is 152 cm³/mol. The van der Waals surface area contributed by atoms with E-state index in [-0.39, 0.29) is 59.3 Å². The number of hydrogen-bond acceptors (Lipinski definition) is 10. The molecule has 41 heavy (non-hydrogen) atoms. The van der Waals surface area contributed by atoms with Gasteiger partial charge in [-0.25, -0.2) is 9.97 Å². The molecule has 0 aliphatic heterocycles. The lowest BCUT2D eigenvalue weighted by atomic mass is 10.1. The molecule has 1 fully saturated rings. The number of methoxy groups -OCH3 is 1. The van der Waals surface area contributed by atoms with Crippen molar-refractivity contribution in [2.24, 2.45) is 11.8 Å². The number of pyridine rings is 2. The van der Waals surface area contributed by atoms with Gasteiger partial charge in [-0.05, 0) is 60.1 Å². The molecule has 1 aromatic carbocycles. The van der Waals surface area contributed by atoms with Gasteiger partial charge in [-0.15, -0.1) is 0 Å². The van der Waals surface area contributed by atoms with Gasteiger partial charge in [-0.1, -0.05) is 32.0 Å². The molecule has 12 heteroatoms. The van der Waals surface area contributed by atoms with Crippen LogP contribution in [0, 0.1) is 11.8 Å². The molecule has 4 aromatic rings. The van der Waals surface area contributed by atoms with E-state index in [9.17, 15) is 13.5 Å². The number of ether oxygens (including phenoxy) is 3. The van der Waals surface area contributed by atoms with Crippen molar-refractivity contribution in [3.05, 3.63) is 72.7 Å². The van der Waals surface area contributed by atoms with Gasteiger partial charge in [0.05, 0.1) is 13.7 Å². The number of sulfonamides is 1.